The van der Waals surface area contributed by atoms with E-state index in [1.165, 1.54) is 7.11 Å². The van der Waals surface area contributed by atoms with Gasteiger partial charge in [0, 0.05) is 38.4 Å². The van der Waals surface area contributed by atoms with Gasteiger partial charge in [-0.05, 0) is 30.0 Å². The zero-order valence-electron chi connectivity index (χ0n) is 17.1. The average Bonchev–Trinajstić information content (AvgIpc) is 3.05. The first kappa shape index (κ1) is 20.0. The van der Waals surface area contributed by atoms with Crippen LogP contribution in [-0.2, 0) is 19.8 Å². The normalized spacial score (nSPS) is 23.2. The van der Waals surface area contributed by atoms with Crippen molar-refractivity contribution in [3.05, 3.63) is 42.0 Å². The Morgan fingerprint density at radius 1 is 1.19 bits per heavy atom. The second-order valence-electron chi connectivity index (χ2n) is 8.16. The van der Waals surface area contributed by atoms with Crippen LogP contribution < -0.4 is 9.47 Å². The molecule has 0 bridgehead atoms. The molecular weight excluding hydrogens is 411 g/mol. The molecule has 10 heteroatoms. The summed E-state index contributed by atoms with van der Waals surface area (Å²) in [6.45, 7) is 3.09. The summed E-state index contributed by atoms with van der Waals surface area (Å²) in [5, 5.41) is 0. The fourth-order valence-corrected chi connectivity index (χ4v) is 4.54. The lowest BCUT2D eigenvalue weighted by Gasteiger charge is -2.19. The highest BCUT2D eigenvalue weighted by atomic mass is 19.4. The summed E-state index contributed by atoms with van der Waals surface area (Å²) in [5.74, 6) is 2.51. The van der Waals surface area contributed by atoms with Crippen LogP contribution in [0.25, 0.3) is 11.2 Å². The minimum atomic E-state index is -4.47. The minimum absolute atomic E-state index is 0.00211. The summed E-state index contributed by atoms with van der Waals surface area (Å²) in [4.78, 5) is 15.1. The molecule has 0 N–H and O–H groups in total. The Morgan fingerprint density at radius 3 is 2.65 bits per heavy atom. The number of likely N-dealkylation sites (tertiary alicyclic amines) is 1. The zero-order valence-corrected chi connectivity index (χ0v) is 17.1. The number of imidazole rings is 1. The number of fused-ring (bicyclic) bond motifs is 2. The molecule has 3 aromatic heterocycles. The molecule has 2 atom stereocenters. The van der Waals surface area contributed by atoms with Crippen LogP contribution in [0.15, 0.2) is 30.6 Å². The molecule has 0 amide bonds. The second-order valence-corrected chi connectivity index (χ2v) is 8.16. The number of ether oxygens (including phenoxy) is 2. The quantitative estimate of drug-likeness (QED) is 0.595. The van der Waals surface area contributed by atoms with E-state index in [-0.39, 0.29) is 11.6 Å². The minimum Gasteiger partial charge on any atom is -0.491 e. The lowest BCUT2D eigenvalue weighted by Crippen LogP contribution is -2.26. The van der Waals surface area contributed by atoms with E-state index < -0.39 is 11.7 Å². The highest BCUT2D eigenvalue weighted by molar-refractivity contribution is 5.71. The molecule has 7 nitrogen and oxygen atoms in total. The first-order chi connectivity index (χ1) is 14.8. The van der Waals surface area contributed by atoms with Crippen LogP contribution in [0.1, 0.15) is 11.4 Å². The summed E-state index contributed by atoms with van der Waals surface area (Å²) in [5.41, 5.74) is 0.924. The second kappa shape index (κ2) is 7.37. The maximum atomic E-state index is 12.8. The molecule has 0 aromatic carbocycles. The lowest BCUT2D eigenvalue weighted by atomic mass is 10.2. The summed E-state index contributed by atoms with van der Waals surface area (Å²) < 4.78 is 51.4. The van der Waals surface area contributed by atoms with Gasteiger partial charge in [0.15, 0.2) is 11.4 Å². The van der Waals surface area contributed by atoms with Crippen molar-refractivity contribution in [3.8, 4) is 11.6 Å². The molecule has 1 saturated carbocycles. The lowest BCUT2D eigenvalue weighted by molar-refractivity contribution is -0.138. The Morgan fingerprint density at radius 2 is 1.97 bits per heavy atom. The van der Waals surface area contributed by atoms with Crippen LogP contribution in [0.3, 0.4) is 0 Å². The van der Waals surface area contributed by atoms with E-state index in [1.807, 2.05) is 19.2 Å². The number of aryl methyl sites for hydroxylation is 1. The van der Waals surface area contributed by atoms with Crippen molar-refractivity contribution in [1.82, 2.24) is 24.4 Å². The monoisotopic (exact) mass is 433 g/mol. The van der Waals surface area contributed by atoms with Crippen molar-refractivity contribution in [2.24, 2.45) is 24.8 Å². The number of alkyl halides is 3. The van der Waals surface area contributed by atoms with E-state index >= 15 is 0 Å². The fraction of sp³-hybridized carbons (Fsp3) is 0.476. The van der Waals surface area contributed by atoms with Gasteiger partial charge in [0.25, 0.3) is 5.88 Å². The first-order valence-corrected chi connectivity index (χ1v) is 10.1. The number of rotatable bonds is 6. The highest BCUT2D eigenvalue weighted by Gasteiger charge is 2.55. The smallest absolute Gasteiger partial charge is 0.418 e. The van der Waals surface area contributed by atoms with Gasteiger partial charge in [-0.25, -0.2) is 15.0 Å². The maximum Gasteiger partial charge on any atom is 0.418 e. The summed E-state index contributed by atoms with van der Waals surface area (Å²) in [7, 11) is 3.31. The number of halogens is 3. The van der Waals surface area contributed by atoms with E-state index in [1.54, 1.807) is 6.20 Å². The van der Waals surface area contributed by atoms with Crippen LogP contribution in [0.4, 0.5) is 13.2 Å². The number of pyridine rings is 2. The van der Waals surface area contributed by atoms with E-state index in [0.717, 1.165) is 48.9 Å². The summed E-state index contributed by atoms with van der Waals surface area (Å²) in [6.07, 6.45) is -1.95. The highest BCUT2D eigenvalue weighted by Crippen LogP contribution is 2.52. The van der Waals surface area contributed by atoms with Gasteiger partial charge in [-0.1, -0.05) is 0 Å². The predicted octanol–water partition coefficient (Wildman–Crippen LogP) is 3.15. The molecule has 5 rings (SSSR count). The van der Waals surface area contributed by atoms with E-state index in [4.69, 9.17) is 9.47 Å². The molecule has 1 aliphatic carbocycles. The number of nitrogens with zero attached hydrogens (tertiary/aromatic N) is 5. The van der Waals surface area contributed by atoms with Gasteiger partial charge in [0.1, 0.15) is 5.82 Å². The van der Waals surface area contributed by atoms with Gasteiger partial charge in [-0.3, -0.25) is 4.90 Å². The molecule has 1 aliphatic heterocycles. The average molecular weight is 433 g/mol. The Kier molecular flexibility index (Phi) is 4.76. The van der Waals surface area contributed by atoms with Gasteiger partial charge in [0.05, 0.1) is 31.3 Å². The van der Waals surface area contributed by atoms with Crippen molar-refractivity contribution in [1.29, 1.82) is 0 Å². The van der Waals surface area contributed by atoms with Gasteiger partial charge < -0.3 is 14.0 Å². The van der Waals surface area contributed by atoms with Crippen molar-refractivity contribution in [2.75, 3.05) is 26.8 Å². The molecule has 2 aliphatic rings. The Labute approximate surface area is 176 Å². The van der Waals surface area contributed by atoms with Crippen LogP contribution >= 0.6 is 0 Å². The molecular formula is C21H22F3N5O2. The Hall–Kier alpha value is -2.88. The zero-order chi connectivity index (χ0) is 21.8. The third kappa shape index (κ3) is 3.69. The SMILES string of the molecule is COc1cc(C(F)(F)F)cnc1OCC1C2CN(Cc3nc4ncccc4n3C)CC12. The van der Waals surface area contributed by atoms with Crippen LogP contribution in [0, 0.1) is 17.8 Å². The molecule has 31 heavy (non-hydrogen) atoms. The van der Waals surface area contributed by atoms with E-state index in [2.05, 4.69) is 24.4 Å². The molecule has 3 aromatic rings. The first-order valence-electron chi connectivity index (χ1n) is 10.1. The third-order valence-corrected chi connectivity index (χ3v) is 6.34. The third-order valence-electron chi connectivity index (χ3n) is 6.34. The van der Waals surface area contributed by atoms with Crippen LogP contribution in [-0.4, -0.2) is 51.2 Å². The largest absolute Gasteiger partial charge is 0.491 e. The molecule has 2 fully saturated rings. The van der Waals surface area contributed by atoms with E-state index in [9.17, 15) is 13.2 Å². The fourth-order valence-electron chi connectivity index (χ4n) is 4.54. The van der Waals surface area contributed by atoms with Gasteiger partial charge in [-0.2, -0.15) is 13.2 Å². The van der Waals surface area contributed by atoms with Crippen molar-refractivity contribution < 1.29 is 22.6 Å². The van der Waals surface area contributed by atoms with Crippen molar-refractivity contribution in [3.63, 3.8) is 0 Å². The number of aromatic nitrogens is 4. The van der Waals surface area contributed by atoms with Gasteiger partial charge in [0.2, 0.25) is 0 Å². The van der Waals surface area contributed by atoms with Crippen LogP contribution in [0.2, 0.25) is 0 Å². The molecule has 2 unspecified atom stereocenters. The topological polar surface area (TPSA) is 65.3 Å². The van der Waals surface area contributed by atoms with Crippen molar-refractivity contribution in [2.45, 2.75) is 12.7 Å². The van der Waals surface area contributed by atoms with Crippen molar-refractivity contribution >= 4 is 11.2 Å². The standard InChI is InChI=1S/C21H22F3N5O2/c1-28-16-4-3-5-25-19(16)27-18(28)10-29-8-13-14(9-29)15(13)11-31-20-17(30-2)6-12(7-26-20)21(22,23)24/h3-7,13-15H,8-11H2,1-2H3. The number of hydrogen-bond acceptors (Lipinski definition) is 6. The number of piperidine rings is 1. The molecule has 1 saturated heterocycles. The summed E-state index contributed by atoms with van der Waals surface area (Å²) >= 11 is 0. The Bertz CT molecular complexity index is 1100. The van der Waals surface area contributed by atoms with Crippen LogP contribution in [0.5, 0.6) is 11.6 Å². The molecule has 4 heterocycles. The summed E-state index contributed by atoms with van der Waals surface area (Å²) in [6, 6.07) is 4.84. The van der Waals surface area contributed by atoms with E-state index in [0.29, 0.717) is 24.4 Å². The molecule has 0 spiro atoms. The number of methoxy groups -OCH3 is 1. The number of hydrogen-bond donors (Lipinski definition) is 0. The predicted molar refractivity (Wildman–Crippen MR) is 106 cm³/mol. The Balaban J connectivity index is 1.16. The molecule has 0 radical (unpaired) electrons. The van der Waals surface area contributed by atoms with Gasteiger partial charge in [-0.15, -0.1) is 0 Å². The van der Waals surface area contributed by atoms with Gasteiger partial charge >= 0.3 is 6.18 Å². The molecule has 164 valence electrons. The maximum absolute atomic E-state index is 12.8.